The van der Waals surface area contributed by atoms with Gasteiger partial charge < -0.3 is 15.1 Å². The van der Waals surface area contributed by atoms with E-state index >= 15 is 0 Å². The smallest absolute Gasteiger partial charge is 0.197 e. The highest BCUT2D eigenvalue weighted by molar-refractivity contribution is 5.21. The lowest BCUT2D eigenvalue weighted by Gasteiger charge is -1.94. The largest absolute Gasteiger partial charge is 0.472 e. The van der Waals surface area contributed by atoms with Crippen molar-refractivity contribution in [1.82, 2.24) is 25.0 Å². The topological polar surface area (TPSA) is 98.6 Å². The predicted molar refractivity (Wildman–Crippen MR) is 63.6 cm³/mol. The maximum Gasteiger partial charge on any atom is 0.197 e. The van der Waals surface area contributed by atoms with E-state index in [0.717, 1.165) is 17.0 Å². The third-order valence-electron chi connectivity index (χ3n) is 2.53. The van der Waals surface area contributed by atoms with Crippen molar-refractivity contribution in [1.29, 1.82) is 0 Å². The maximum atomic E-state index is 5.51. The Bertz CT molecular complexity index is 624. The molecule has 0 aliphatic rings. The van der Waals surface area contributed by atoms with Gasteiger partial charge in [0.05, 0.1) is 31.0 Å². The Labute approximate surface area is 103 Å². The van der Waals surface area contributed by atoms with E-state index < -0.39 is 0 Å². The maximum absolute atomic E-state index is 5.51. The van der Waals surface area contributed by atoms with Crippen molar-refractivity contribution in [2.24, 2.45) is 0 Å². The molecular weight excluding hydrogens is 232 g/mol. The van der Waals surface area contributed by atoms with Gasteiger partial charge in [0.2, 0.25) is 0 Å². The van der Waals surface area contributed by atoms with Crippen LogP contribution in [0.15, 0.2) is 35.4 Å². The molecule has 0 aliphatic heterocycles. The molecule has 0 aromatic carbocycles. The standard InChI is InChI=1S/C11H12N6O/c12-11-13-4-9(14-11)3-10-6-17(16-15-10)5-8-1-2-18-7-8/h1-2,4,6-7H,3,5H2,(H3,12,13,14). The number of nitrogens with zero attached hydrogens (tertiary/aromatic N) is 4. The third kappa shape index (κ3) is 2.24. The van der Waals surface area contributed by atoms with Crippen molar-refractivity contribution in [3.63, 3.8) is 0 Å². The first-order valence-electron chi connectivity index (χ1n) is 5.49. The van der Waals surface area contributed by atoms with Gasteiger partial charge in [0.1, 0.15) is 0 Å². The van der Waals surface area contributed by atoms with E-state index in [2.05, 4.69) is 20.3 Å². The van der Waals surface area contributed by atoms with Crippen LogP contribution in [0.25, 0.3) is 0 Å². The van der Waals surface area contributed by atoms with Gasteiger partial charge in [-0.2, -0.15) is 0 Å². The Balaban J connectivity index is 1.69. The number of H-pyrrole nitrogens is 1. The molecule has 18 heavy (non-hydrogen) atoms. The van der Waals surface area contributed by atoms with Gasteiger partial charge in [0.25, 0.3) is 0 Å². The van der Waals surface area contributed by atoms with Crippen molar-refractivity contribution < 1.29 is 4.42 Å². The molecule has 0 bridgehead atoms. The first-order chi connectivity index (χ1) is 8.79. The number of aromatic nitrogens is 5. The summed E-state index contributed by atoms with van der Waals surface area (Å²) in [6, 6.07) is 1.90. The number of nitrogens with two attached hydrogens (primary N) is 1. The molecule has 0 saturated carbocycles. The van der Waals surface area contributed by atoms with Crippen LogP contribution in [0.3, 0.4) is 0 Å². The highest BCUT2D eigenvalue weighted by atomic mass is 16.3. The van der Waals surface area contributed by atoms with Crippen LogP contribution in [0.5, 0.6) is 0 Å². The molecule has 0 saturated heterocycles. The van der Waals surface area contributed by atoms with E-state index in [1.165, 1.54) is 0 Å². The van der Waals surface area contributed by atoms with Crippen LogP contribution in [-0.2, 0) is 13.0 Å². The normalized spacial score (nSPS) is 10.9. The second-order valence-corrected chi connectivity index (χ2v) is 4.01. The average molecular weight is 244 g/mol. The van der Waals surface area contributed by atoms with Gasteiger partial charge in [-0.15, -0.1) is 5.10 Å². The van der Waals surface area contributed by atoms with E-state index in [0.29, 0.717) is 18.9 Å². The summed E-state index contributed by atoms with van der Waals surface area (Å²) >= 11 is 0. The molecule has 0 amide bonds. The average Bonchev–Trinajstić information content (AvgIpc) is 3.04. The Morgan fingerprint density at radius 2 is 2.39 bits per heavy atom. The van der Waals surface area contributed by atoms with Gasteiger partial charge in [0.15, 0.2) is 5.95 Å². The van der Waals surface area contributed by atoms with Crippen LogP contribution in [0.4, 0.5) is 5.95 Å². The zero-order valence-corrected chi connectivity index (χ0v) is 9.58. The molecule has 7 nitrogen and oxygen atoms in total. The molecule has 7 heteroatoms. The molecular formula is C11H12N6O. The second kappa shape index (κ2) is 4.36. The van der Waals surface area contributed by atoms with Crippen LogP contribution >= 0.6 is 0 Å². The fraction of sp³-hybridized carbons (Fsp3) is 0.182. The van der Waals surface area contributed by atoms with E-state index in [9.17, 15) is 0 Å². The van der Waals surface area contributed by atoms with Gasteiger partial charge in [-0.3, -0.25) is 0 Å². The summed E-state index contributed by atoms with van der Waals surface area (Å²) in [5.41, 5.74) is 8.34. The van der Waals surface area contributed by atoms with E-state index in [-0.39, 0.29) is 0 Å². The summed E-state index contributed by atoms with van der Waals surface area (Å²) in [6.07, 6.45) is 7.56. The van der Waals surface area contributed by atoms with Crippen LogP contribution < -0.4 is 5.73 Å². The van der Waals surface area contributed by atoms with Crippen molar-refractivity contribution in [2.45, 2.75) is 13.0 Å². The molecule has 92 valence electrons. The third-order valence-corrected chi connectivity index (χ3v) is 2.53. The number of anilines is 1. The van der Waals surface area contributed by atoms with Gasteiger partial charge in [-0.25, -0.2) is 9.67 Å². The molecule has 3 aromatic heterocycles. The van der Waals surface area contributed by atoms with Gasteiger partial charge in [-0.05, 0) is 6.07 Å². The fourth-order valence-electron chi connectivity index (χ4n) is 1.73. The minimum absolute atomic E-state index is 0.413. The lowest BCUT2D eigenvalue weighted by atomic mass is 10.3. The van der Waals surface area contributed by atoms with Crippen LogP contribution in [0, 0.1) is 0 Å². The monoisotopic (exact) mass is 244 g/mol. The van der Waals surface area contributed by atoms with Gasteiger partial charge >= 0.3 is 0 Å². The second-order valence-electron chi connectivity index (χ2n) is 4.01. The molecule has 3 heterocycles. The highest BCUT2D eigenvalue weighted by Crippen LogP contribution is 2.07. The Hall–Kier alpha value is -2.57. The molecule has 3 N–H and O–H groups in total. The molecule has 0 aliphatic carbocycles. The van der Waals surface area contributed by atoms with Gasteiger partial charge in [0, 0.05) is 23.9 Å². The first-order valence-corrected chi connectivity index (χ1v) is 5.49. The highest BCUT2D eigenvalue weighted by Gasteiger charge is 2.05. The number of hydrogen-bond donors (Lipinski definition) is 2. The fourth-order valence-corrected chi connectivity index (χ4v) is 1.73. The number of nitrogen functional groups attached to an aromatic ring is 1. The molecule has 0 atom stereocenters. The molecule has 0 unspecified atom stereocenters. The van der Waals surface area contributed by atoms with Crippen molar-refractivity contribution >= 4 is 5.95 Å². The summed E-state index contributed by atoms with van der Waals surface area (Å²) in [4.78, 5) is 6.89. The zero-order valence-electron chi connectivity index (χ0n) is 9.58. The Kier molecular flexibility index (Phi) is 2.56. The number of rotatable bonds is 4. The number of imidazole rings is 1. The first kappa shape index (κ1) is 10.6. The van der Waals surface area contributed by atoms with E-state index in [1.54, 1.807) is 23.4 Å². The number of furan rings is 1. The van der Waals surface area contributed by atoms with E-state index in [4.69, 9.17) is 10.2 Å². The summed E-state index contributed by atoms with van der Waals surface area (Å²) in [5.74, 6) is 0.413. The van der Waals surface area contributed by atoms with Crippen LogP contribution in [0.2, 0.25) is 0 Å². The van der Waals surface area contributed by atoms with Crippen molar-refractivity contribution in [2.75, 3.05) is 5.73 Å². The predicted octanol–water partition coefficient (Wildman–Crippen LogP) is 0.815. The SMILES string of the molecule is Nc1ncc(Cc2cn(Cc3ccoc3)nn2)[nH]1. The zero-order chi connectivity index (χ0) is 12.4. The molecule has 3 aromatic rings. The molecule has 3 rings (SSSR count). The minimum Gasteiger partial charge on any atom is -0.472 e. The minimum atomic E-state index is 0.413. The summed E-state index contributed by atoms with van der Waals surface area (Å²) in [7, 11) is 0. The number of nitrogens with one attached hydrogen (secondary N) is 1. The summed E-state index contributed by atoms with van der Waals surface area (Å²) < 4.78 is 6.77. The summed E-state index contributed by atoms with van der Waals surface area (Å²) in [5, 5.41) is 8.15. The lowest BCUT2D eigenvalue weighted by Crippen LogP contribution is -1.98. The summed E-state index contributed by atoms with van der Waals surface area (Å²) in [6.45, 7) is 0.647. The Morgan fingerprint density at radius 1 is 1.44 bits per heavy atom. The quantitative estimate of drug-likeness (QED) is 0.707. The van der Waals surface area contributed by atoms with Crippen LogP contribution in [0.1, 0.15) is 17.0 Å². The molecule has 0 spiro atoms. The number of hydrogen-bond acceptors (Lipinski definition) is 5. The Morgan fingerprint density at radius 3 is 3.11 bits per heavy atom. The van der Waals surface area contributed by atoms with Crippen LogP contribution in [-0.4, -0.2) is 25.0 Å². The van der Waals surface area contributed by atoms with Gasteiger partial charge in [-0.1, -0.05) is 5.21 Å². The molecule has 0 fully saturated rings. The molecule has 0 radical (unpaired) electrons. The van der Waals surface area contributed by atoms with Crippen molar-refractivity contribution in [3.05, 3.63) is 47.9 Å². The van der Waals surface area contributed by atoms with Crippen molar-refractivity contribution in [3.8, 4) is 0 Å². The number of aromatic amines is 1. The van der Waals surface area contributed by atoms with E-state index in [1.807, 2.05) is 12.3 Å². The lowest BCUT2D eigenvalue weighted by molar-refractivity contribution is 0.558.